The third kappa shape index (κ3) is 3.65. The van der Waals surface area contributed by atoms with Crippen LogP contribution in [0.4, 0.5) is 10.5 Å². The van der Waals surface area contributed by atoms with Crippen LogP contribution >= 0.6 is 0 Å². The van der Waals surface area contributed by atoms with Gasteiger partial charge in [0.15, 0.2) is 0 Å². The molecule has 0 saturated carbocycles. The van der Waals surface area contributed by atoms with Gasteiger partial charge in [-0.2, -0.15) is 0 Å². The molecule has 0 aromatic heterocycles. The van der Waals surface area contributed by atoms with E-state index in [0.29, 0.717) is 6.54 Å². The second-order valence-electron chi connectivity index (χ2n) is 5.72. The maximum Gasteiger partial charge on any atom is 0.321 e. The molecule has 0 spiro atoms. The monoisotopic (exact) mass is 310 g/mol. The largest absolute Gasteiger partial charge is 0.497 e. The Morgan fingerprint density at radius 2 is 2.04 bits per heavy atom. The fourth-order valence-corrected chi connectivity index (χ4v) is 2.97. The van der Waals surface area contributed by atoms with Crippen LogP contribution in [-0.2, 0) is 12.8 Å². The van der Waals surface area contributed by atoms with E-state index in [1.54, 1.807) is 7.11 Å². The molecule has 0 atom stereocenters. The zero-order chi connectivity index (χ0) is 16.1. The molecule has 0 unspecified atom stereocenters. The van der Waals surface area contributed by atoms with Crippen LogP contribution in [0.15, 0.2) is 48.5 Å². The van der Waals surface area contributed by atoms with Crippen molar-refractivity contribution in [1.82, 2.24) is 5.32 Å². The summed E-state index contributed by atoms with van der Waals surface area (Å²) >= 11 is 0. The number of ether oxygens (including phenoxy) is 1. The van der Waals surface area contributed by atoms with Crippen molar-refractivity contribution < 1.29 is 9.53 Å². The molecule has 1 heterocycles. The van der Waals surface area contributed by atoms with Gasteiger partial charge >= 0.3 is 6.03 Å². The van der Waals surface area contributed by atoms with E-state index >= 15 is 0 Å². The van der Waals surface area contributed by atoms with E-state index in [1.165, 1.54) is 11.1 Å². The van der Waals surface area contributed by atoms with Crippen molar-refractivity contribution in [1.29, 1.82) is 0 Å². The molecule has 0 aliphatic carbocycles. The molecule has 120 valence electrons. The Labute approximate surface area is 137 Å². The lowest BCUT2D eigenvalue weighted by atomic mass is 10.0. The number of carbonyl (C=O) groups excluding carboxylic acids is 1. The van der Waals surface area contributed by atoms with Crippen LogP contribution in [0.25, 0.3) is 0 Å². The summed E-state index contributed by atoms with van der Waals surface area (Å²) in [6.07, 6.45) is 2.81. The Bertz CT molecular complexity index is 670. The minimum atomic E-state index is -0.0213. The maximum absolute atomic E-state index is 12.5. The lowest BCUT2D eigenvalue weighted by molar-refractivity contribution is 0.246. The third-order valence-corrected chi connectivity index (χ3v) is 4.18. The second kappa shape index (κ2) is 7.18. The SMILES string of the molecule is COc1ccc2c(c1)CCCN2C(=O)NCCc1ccccc1. The number of fused-ring (bicyclic) bond motifs is 1. The minimum Gasteiger partial charge on any atom is -0.497 e. The number of nitrogens with zero attached hydrogens (tertiary/aromatic N) is 1. The van der Waals surface area contributed by atoms with Gasteiger partial charge in [0.2, 0.25) is 0 Å². The molecule has 0 bridgehead atoms. The topological polar surface area (TPSA) is 41.6 Å². The fraction of sp³-hybridized carbons (Fsp3) is 0.316. The number of methoxy groups -OCH3 is 1. The number of anilines is 1. The molecule has 2 aromatic rings. The average Bonchev–Trinajstić information content (AvgIpc) is 2.61. The lowest BCUT2D eigenvalue weighted by Gasteiger charge is -2.29. The normalized spacial score (nSPS) is 13.3. The number of hydrogen-bond acceptors (Lipinski definition) is 2. The van der Waals surface area contributed by atoms with E-state index in [-0.39, 0.29) is 6.03 Å². The summed E-state index contributed by atoms with van der Waals surface area (Å²) in [5.41, 5.74) is 3.40. The highest BCUT2D eigenvalue weighted by Gasteiger charge is 2.22. The Kier molecular flexibility index (Phi) is 4.81. The van der Waals surface area contributed by atoms with Gasteiger partial charge in [-0.1, -0.05) is 30.3 Å². The van der Waals surface area contributed by atoms with Crippen LogP contribution in [0.2, 0.25) is 0 Å². The van der Waals surface area contributed by atoms with Gasteiger partial charge in [0.25, 0.3) is 0 Å². The lowest BCUT2D eigenvalue weighted by Crippen LogP contribution is -2.43. The number of amides is 2. The summed E-state index contributed by atoms with van der Waals surface area (Å²) in [4.78, 5) is 14.3. The van der Waals surface area contributed by atoms with Crippen molar-refractivity contribution in [2.45, 2.75) is 19.3 Å². The van der Waals surface area contributed by atoms with Gasteiger partial charge in [0, 0.05) is 18.8 Å². The van der Waals surface area contributed by atoms with Crippen molar-refractivity contribution in [3.05, 3.63) is 59.7 Å². The van der Waals surface area contributed by atoms with Crippen LogP contribution in [0.5, 0.6) is 5.75 Å². The molecule has 4 nitrogen and oxygen atoms in total. The number of rotatable bonds is 4. The van der Waals surface area contributed by atoms with E-state index in [9.17, 15) is 4.79 Å². The van der Waals surface area contributed by atoms with Crippen LogP contribution in [-0.4, -0.2) is 26.2 Å². The molecule has 2 amide bonds. The molecular weight excluding hydrogens is 288 g/mol. The highest BCUT2D eigenvalue weighted by molar-refractivity contribution is 5.93. The Balaban J connectivity index is 1.62. The molecule has 1 N–H and O–H groups in total. The van der Waals surface area contributed by atoms with Gasteiger partial charge in [-0.3, -0.25) is 4.90 Å². The van der Waals surface area contributed by atoms with Crippen LogP contribution < -0.4 is 15.0 Å². The molecule has 4 heteroatoms. The zero-order valence-corrected chi connectivity index (χ0v) is 13.4. The Hall–Kier alpha value is -2.49. The molecule has 1 aliphatic heterocycles. The summed E-state index contributed by atoms with van der Waals surface area (Å²) < 4.78 is 5.27. The molecule has 23 heavy (non-hydrogen) atoms. The van der Waals surface area contributed by atoms with Gasteiger partial charge in [-0.25, -0.2) is 4.79 Å². The minimum absolute atomic E-state index is 0.0213. The number of urea groups is 1. The first-order valence-electron chi connectivity index (χ1n) is 8.04. The summed E-state index contributed by atoms with van der Waals surface area (Å²) in [5, 5.41) is 3.03. The number of hydrogen-bond donors (Lipinski definition) is 1. The van der Waals surface area contributed by atoms with Gasteiger partial charge in [0.05, 0.1) is 7.11 Å². The number of carbonyl (C=O) groups is 1. The van der Waals surface area contributed by atoms with Gasteiger partial charge in [-0.15, -0.1) is 0 Å². The van der Waals surface area contributed by atoms with Crippen molar-refractivity contribution >= 4 is 11.7 Å². The summed E-state index contributed by atoms with van der Waals surface area (Å²) in [5.74, 6) is 0.843. The standard InChI is InChI=1S/C19H22N2O2/c1-23-17-9-10-18-16(14-17)8-5-13-21(18)19(22)20-12-11-15-6-3-2-4-7-15/h2-4,6-7,9-10,14H,5,8,11-13H2,1H3,(H,20,22). The van der Waals surface area contributed by atoms with Crippen LogP contribution in [0, 0.1) is 0 Å². The van der Waals surface area contributed by atoms with Crippen LogP contribution in [0.1, 0.15) is 17.5 Å². The van der Waals surface area contributed by atoms with Gasteiger partial charge in [0.1, 0.15) is 5.75 Å². The second-order valence-corrected chi connectivity index (χ2v) is 5.72. The van der Waals surface area contributed by atoms with Gasteiger partial charge < -0.3 is 10.1 Å². The van der Waals surface area contributed by atoms with E-state index in [0.717, 1.165) is 37.2 Å². The molecule has 3 rings (SSSR count). The van der Waals surface area contributed by atoms with Crippen LogP contribution in [0.3, 0.4) is 0 Å². The van der Waals surface area contributed by atoms with E-state index in [2.05, 4.69) is 17.4 Å². The molecule has 0 radical (unpaired) electrons. The van der Waals surface area contributed by atoms with Crippen molar-refractivity contribution in [2.75, 3.05) is 25.1 Å². The summed E-state index contributed by atoms with van der Waals surface area (Å²) in [6.45, 7) is 1.40. The quantitative estimate of drug-likeness (QED) is 0.940. The molecule has 0 saturated heterocycles. The van der Waals surface area contributed by atoms with E-state index in [1.807, 2.05) is 41.3 Å². The Morgan fingerprint density at radius 3 is 2.83 bits per heavy atom. The third-order valence-electron chi connectivity index (χ3n) is 4.18. The summed E-state index contributed by atoms with van der Waals surface area (Å²) in [6, 6.07) is 16.1. The van der Waals surface area contributed by atoms with E-state index in [4.69, 9.17) is 4.74 Å². The first-order valence-corrected chi connectivity index (χ1v) is 8.04. The highest BCUT2D eigenvalue weighted by Crippen LogP contribution is 2.30. The highest BCUT2D eigenvalue weighted by atomic mass is 16.5. The number of nitrogens with one attached hydrogen (secondary N) is 1. The average molecular weight is 310 g/mol. The summed E-state index contributed by atoms with van der Waals surface area (Å²) in [7, 11) is 1.67. The smallest absolute Gasteiger partial charge is 0.321 e. The predicted molar refractivity (Wildman–Crippen MR) is 92.2 cm³/mol. The van der Waals surface area contributed by atoms with Crippen molar-refractivity contribution in [2.24, 2.45) is 0 Å². The van der Waals surface area contributed by atoms with Crippen molar-refractivity contribution in [3.63, 3.8) is 0 Å². The van der Waals surface area contributed by atoms with Gasteiger partial charge in [-0.05, 0) is 48.6 Å². The van der Waals surface area contributed by atoms with Crippen molar-refractivity contribution in [3.8, 4) is 5.75 Å². The molecule has 2 aromatic carbocycles. The molecular formula is C19H22N2O2. The fourth-order valence-electron chi connectivity index (χ4n) is 2.97. The predicted octanol–water partition coefficient (Wildman–Crippen LogP) is 3.40. The van der Waals surface area contributed by atoms with E-state index < -0.39 is 0 Å². The first kappa shape index (κ1) is 15.4. The maximum atomic E-state index is 12.5. The number of benzene rings is 2. The number of aryl methyl sites for hydroxylation is 1. The Morgan fingerprint density at radius 1 is 1.22 bits per heavy atom. The molecule has 0 fully saturated rings. The first-order chi connectivity index (χ1) is 11.3. The zero-order valence-electron chi connectivity index (χ0n) is 13.4. The molecule has 1 aliphatic rings.